The summed E-state index contributed by atoms with van der Waals surface area (Å²) in [4.78, 5) is 28.3. The number of carbonyl (C=O) groups is 1. The molecule has 29 heavy (non-hydrogen) atoms. The van der Waals surface area contributed by atoms with E-state index in [1.54, 1.807) is 18.2 Å². The van der Waals surface area contributed by atoms with Gasteiger partial charge in [0.2, 0.25) is 0 Å². The maximum Gasteiger partial charge on any atom is 0.435 e. The van der Waals surface area contributed by atoms with Crippen molar-refractivity contribution < 1.29 is 18.0 Å². The highest BCUT2D eigenvalue weighted by atomic mass is 19.4. The van der Waals surface area contributed by atoms with Crippen LogP contribution in [0, 0.1) is 6.92 Å². The van der Waals surface area contributed by atoms with Crippen LogP contribution in [0.25, 0.3) is 16.8 Å². The summed E-state index contributed by atoms with van der Waals surface area (Å²) in [5.41, 5.74) is -2.23. The van der Waals surface area contributed by atoms with Crippen LogP contribution in [0.2, 0.25) is 0 Å². The van der Waals surface area contributed by atoms with E-state index in [2.05, 4.69) is 20.7 Å². The Labute approximate surface area is 162 Å². The second-order valence-corrected chi connectivity index (χ2v) is 6.94. The molecule has 2 aromatic heterocycles. The predicted molar refractivity (Wildman–Crippen MR) is 99.7 cm³/mol. The number of aryl methyl sites for hydroxylation is 1. The Morgan fingerprint density at radius 3 is 2.62 bits per heavy atom. The van der Waals surface area contributed by atoms with Crippen LogP contribution in [0.1, 0.15) is 28.2 Å². The summed E-state index contributed by atoms with van der Waals surface area (Å²) in [6.07, 6.45) is -4.06. The average molecular weight is 405 g/mol. The molecular formula is C19H18F3N5O2. The molecule has 0 saturated carbocycles. The van der Waals surface area contributed by atoms with Crippen LogP contribution in [-0.2, 0) is 6.18 Å². The molecule has 0 bridgehead atoms. The number of benzene rings is 1. The molecule has 1 unspecified atom stereocenters. The smallest absolute Gasteiger partial charge is 0.348 e. The number of aromatic nitrogens is 3. The average Bonchev–Trinajstić information content (AvgIpc) is 3.29. The van der Waals surface area contributed by atoms with E-state index in [0.717, 1.165) is 6.54 Å². The van der Waals surface area contributed by atoms with E-state index in [4.69, 9.17) is 0 Å². The first-order valence-electron chi connectivity index (χ1n) is 9.07. The lowest BCUT2D eigenvalue weighted by molar-refractivity contribution is -0.140. The number of rotatable bonds is 3. The van der Waals surface area contributed by atoms with Crippen molar-refractivity contribution in [3.63, 3.8) is 0 Å². The van der Waals surface area contributed by atoms with Crippen molar-refractivity contribution in [3.05, 3.63) is 57.6 Å². The standard InChI is InChI=1S/C19H18F3N5O2/c1-10-13(17(28)25-12-7-8-23-9-12)18(29)27-16(24-10)14(11-5-3-2-4-6-11)15(26-27)19(20,21)22/h2-6,12,23-24H,7-9H2,1H3,(H,25,28). The summed E-state index contributed by atoms with van der Waals surface area (Å²) in [5.74, 6) is -0.635. The summed E-state index contributed by atoms with van der Waals surface area (Å²) in [5, 5.41) is 9.36. The molecule has 7 nitrogen and oxygen atoms in total. The number of carbonyl (C=O) groups excluding carboxylic acids is 1. The molecule has 4 rings (SSSR count). The van der Waals surface area contributed by atoms with Gasteiger partial charge in [-0.1, -0.05) is 30.3 Å². The first-order valence-corrected chi connectivity index (χ1v) is 9.07. The van der Waals surface area contributed by atoms with Crippen molar-refractivity contribution >= 4 is 11.6 Å². The molecule has 1 fully saturated rings. The van der Waals surface area contributed by atoms with Gasteiger partial charge in [0.05, 0.1) is 5.56 Å². The molecule has 3 heterocycles. The van der Waals surface area contributed by atoms with Gasteiger partial charge in [-0.05, 0) is 25.5 Å². The van der Waals surface area contributed by atoms with Gasteiger partial charge in [0.15, 0.2) is 5.69 Å². The van der Waals surface area contributed by atoms with Crippen LogP contribution >= 0.6 is 0 Å². The molecular weight excluding hydrogens is 387 g/mol. The highest BCUT2D eigenvalue weighted by Crippen LogP contribution is 2.38. The lowest BCUT2D eigenvalue weighted by atomic mass is 10.1. The SMILES string of the molecule is Cc1[nH]c2c(-c3ccccc3)c(C(F)(F)F)nn2c(=O)c1C(=O)NC1CCNC1. The molecule has 1 aliphatic rings. The van der Waals surface area contributed by atoms with E-state index < -0.39 is 23.3 Å². The number of amides is 1. The third kappa shape index (κ3) is 3.39. The Balaban J connectivity index is 1.91. The number of fused-ring (bicyclic) bond motifs is 1. The molecule has 0 radical (unpaired) electrons. The molecule has 0 aliphatic carbocycles. The highest BCUT2D eigenvalue weighted by molar-refractivity contribution is 5.95. The van der Waals surface area contributed by atoms with Crippen molar-refractivity contribution in [1.82, 2.24) is 25.2 Å². The minimum Gasteiger partial charge on any atom is -0.348 e. The fraction of sp³-hybridized carbons (Fsp3) is 0.316. The Morgan fingerprint density at radius 1 is 1.28 bits per heavy atom. The maximum atomic E-state index is 13.7. The van der Waals surface area contributed by atoms with Gasteiger partial charge in [-0.25, -0.2) is 0 Å². The topological polar surface area (TPSA) is 91.3 Å². The zero-order chi connectivity index (χ0) is 20.8. The van der Waals surface area contributed by atoms with E-state index >= 15 is 0 Å². The normalized spacial score (nSPS) is 17.0. The van der Waals surface area contributed by atoms with Gasteiger partial charge in [0.25, 0.3) is 11.5 Å². The van der Waals surface area contributed by atoms with Crippen molar-refractivity contribution in [3.8, 4) is 11.1 Å². The molecule has 3 N–H and O–H groups in total. The van der Waals surface area contributed by atoms with E-state index in [-0.39, 0.29) is 34.1 Å². The Kier molecular flexibility index (Phi) is 4.65. The fourth-order valence-electron chi connectivity index (χ4n) is 3.57. The van der Waals surface area contributed by atoms with E-state index in [0.29, 0.717) is 17.5 Å². The highest BCUT2D eigenvalue weighted by Gasteiger charge is 2.39. The van der Waals surface area contributed by atoms with Crippen molar-refractivity contribution in [2.75, 3.05) is 13.1 Å². The number of nitrogens with zero attached hydrogens (tertiary/aromatic N) is 2. The van der Waals surface area contributed by atoms with Crippen LogP contribution in [-0.4, -0.2) is 39.6 Å². The minimum atomic E-state index is -4.77. The van der Waals surface area contributed by atoms with Gasteiger partial charge < -0.3 is 15.6 Å². The van der Waals surface area contributed by atoms with Crippen molar-refractivity contribution in [2.45, 2.75) is 25.6 Å². The molecule has 0 spiro atoms. The van der Waals surface area contributed by atoms with E-state index in [9.17, 15) is 22.8 Å². The zero-order valence-corrected chi connectivity index (χ0v) is 15.4. The van der Waals surface area contributed by atoms with Gasteiger partial charge in [-0.2, -0.15) is 22.8 Å². The van der Waals surface area contributed by atoms with Crippen LogP contribution in [0.5, 0.6) is 0 Å². The summed E-state index contributed by atoms with van der Waals surface area (Å²) >= 11 is 0. The molecule has 152 valence electrons. The largest absolute Gasteiger partial charge is 0.435 e. The zero-order valence-electron chi connectivity index (χ0n) is 15.4. The van der Waals surface area contributed by atoms with Gasteiger partial charge >= 0.3 is 6.18 Å². The molecule has 1 atom stereocenters. The van der Waals surface area contributed by atoms with E-state index in [1.165, 1.54) is 19.1 Å². The predicted octanol–water partition coefficient (Wildman–Crippen LogP) is 2.11. The first-order chi connectivity index (χ1) is 13.8. The second-order valence-electron chi connectivity index (χ2n) is 6.94. The Hall–Kier alpha value is -3.14. The summed E-state index contributed by atoms with van der Waals surface area (Å²) < 4.78 is 41.6. The lowest BCUT2D eigenvalue weighted by Gasteiger charge is -2.12. The monoisotopic (exact) mass is 405 g/mol. The molecule has 1 amide bonds. The summed E-state index contributed by atoms with van der Waals surface area (Å²) in [7, 11) is 0. The lowest BCUT2D eigenvalue weighted by Crippen LogP contribution is -2.40. The molecule has 1 aromatic carbocycles. The minimum absolute atomic E-state index is 0.106. The molecule has 3 aromatic rings. The van der Waals surface area contributed by atoms with Crippen molar-refractivity contribution in [2.24, 2.45) is 0 Å². The third-order valence-corrected chi connectivity index (χ3v) is 4.93. The van der Waals surface area contributed by atoms with Crippen LogP contribution in [0.4, 0.5) is 13.2 Å². The number of H-pyrrole nitrogens is 1. The number of hydrogen-bond donors (Lipinski definition) is 3. The van der Waals surface area contributed by atoms with Gasteiger partial charge in [0.1, 0.15) is 11.2 Å². The second kappa shape index (κ2) is 7.03. The number of aromatic amines is 1. The van der Waals surface area contributed by atoms with E-state index in [1.807, 2.05) is 0 Å². The van der Waals surface area contributed by atoms with Crippen LogP contribution in [0.15, 0.2) is 35.1 Å². The summed E-state index contributed by atoms with van der Waals surface area (Å²) in [6.45, 7) is 2.80. The Bertz CT molecular complexity index is 1130. The molecule has 1 saturated heterocycles. The molecule has 10 heteroatoms. The number of halogens is 3. The first kappa shape index (κ1) is 19.2. The van der Waals surface area contributed by atoms with Crippen molar-refractivity contribution in [1.29, 1.82) is 0 Å². The quantitative estimate of drug-likeness (QED) is 0.623. The third-order valence-electron chi connectivity index (χ3n) is 4.93. The fourth-order valence-corrected chi connectivity index (χ4v) is 3.57. The van der Waals surface area contributed by atoms with Gasteiger partial charge in [-0.3, -0.25) is 9.59 Å². The maximum absolute atomic E-state index is 13.7. The van der Waals surface area contributed by atoms with Gasteiger partial charge in [0, 0.05) is 18.3 Å². The Morgan fingerprint density at radius 2 is 2.00 bits per heavy atom. The summed E-state index contributed by atoms with van der Waals surface area (Å²) in [6, 6.07) is 7.75. The van der Waals surface area contributed by atoms with Gasteiger partial charge in [-0.15, -0.1) is 0 Å². The van der Waals surface area contributed by atoms with Crippen LogP contribution < -0.4 is 16.2 Å². The van der Waals surface area contributed by atoms with Crippen LogP contribution in [0.3, 0.4) is 0 Å². The molecule has 1 aliphatic heterocycles. The number of hydrogen-bond acceptors (Lipinski definition) is 4. The number of nitrogens with one attached hydrogen (secondary N) is 3. The number of alkyl halides is 3.